The number of carbonyl (C=O) groups is 1. The molecule has 2 aromatic rings. The summed E-state index contributed by atoms with van der Waals surface area (Å²) in [6, 6.07) is 12.8. The van der Waals surface area contributed by atoms with Crippen LogP contribution in [0, 0.1) is 25.2 Å². The lowest BCUT2D eigenvalue weighted by molar-refractivity contribution is 0.102. The first-order valence-corrected chi connectivity index (χ1v) is 6.89. The third-order valence-electron chi connectivity index (χ3n) is 3.05. The molecule has 0 spiro atoms. The van der Waals surface area contributed by atoms with E-state index >= 15 is 0 Å². The number of carbonyl (C=O) groups excluding carboxylic acids is 1. The fraction of sp³-hybridized carbons (Fsp3) is 0.125. The van der Waals surface area contributed by atoms with Gasteiger partial charge in [0.15, 0.2) is 0 Å². The average Bonchev–Trinajstić information content (AvgIpc) is 2.41. The van der Waals surface area contributed by atoms with Crippen molar-refractivity contribution in [2.75, 3.05) is 5.32 Å². The van der Waals surface area contributed by atoms with Gasteiger partial charge < -0.3 is 5.32 Å². The fourth-order valence-corrected chi connectivity index (χ4v) is 2.37. The van der Waals surface area contributed by atoms with Gasteiger partial charge in [0.25, 0.3) is 5.91 Å². The third kappa shape index (κ3) is 3.06. The van der Waals surface area contributed by atoms with Gasteiger partial charge in [0.1, 0.15) is 0 Å². The van der Waals surface area contributed by atoms with Crippen LogP contribution < -0.4 is 5.32 Å². The first-order valence-electron chi connectivity index (χ1n) is 6.09. The van der Waals surface area contributed by atoms with Crippen LogP contribution >= 0.6 is 15.9 Å². The molecule has 1 amide bonds. The number of aryl methyl sites for hydroxylation is 2. The number of rotatable bonds is 2. The van der Waals surface area contributed by atoms with E-state index in [9.17, 15) is 4.79 Å². The monoisotopic (exact) mass is 328 g/mol. The molecule has 0 aliphatic carbocycles. The quantitative estimate of drug-likeness (QED) is 0.898. The number of anilines is 1. The predicted octanol–water partition coefficient (Wildman–Crippen LogP) is 4.19. The summed E-state index contributed by atoms with van der Waals surface area (Å²) in [6.45, 7) is 3.78. The summed E-state index contributed by atoms with van der Waals surface area (Å²) in [5.74, 6) is -0.173. The molecule has 2 aromatic carbocycles. The zero-order valence-corrected chi connectivity index (χ0v) is 12.8. The Morgan fingerprint density at radius 2 is 1.90 bits per heavy atom. The van der Waals surface area contributed by atoms with Gasteiger partial charge in [-0.15, -0.1) is 0 Å². The molecular weight excluding hydrogens is 316 g/mol. The van der Waals surface area contributed by atoms with Gasteiger partial charge in [0.05, 0.1) is 11.6 Å². The second-order valence-corrected chi connectivity index (χ2v) is 5.47. The molecule has 3 nitrogen and oxygen atoms in total. The molecule has 0 saturated heterocycles. The summed E-state index contributed by atoms with van der Waals surface area (Å²) in [5, 5.41) is 11.8. The highest BCUT2D eigenvalue weighted by Gasteiger charge is 2.11. The van der Waals surface area contributed by atoms with Crippen molar-refractivity contribution in [1.29, 1.82) is 5.26 Å². The zero-order chi connectivity index (χ0) is 14.7. The molecule has 0 unspecified atom stereocenters. The summed E-state index contributed by atoms with van der Waals surface area (Å²) in [4.78, 5) is 12.3. The second kappa shape index (κ2) is 5.89. The minimum atomic E-state index is -0.173. The van der Waals surface area contributed by atoms with E-state index in [0.717, 1.165) is 15.6 Å². The summed E-state index contributed by atoms with van der Waals surface area (Å²) >= 11 is 3.37. The first kappa shape index (κ1) is 14.3. The molecule has 100 valence electrons. The van der Waals surface area contributed by atoms with Gasteiger partial charge in [-0.1, -0.05) is 22.0 Å². The number of nitrogens with zero attached hydrogens (tertiary/aromatic N) is 1. The molecule has 1 N–H and O–H groups in total. The van der Waals surface area contributed by atoms with Gasteiger partial charge in [-0.25, -0.2) is 0 Å². The highest BCUT2D eigenvalue weighted by Crippen LogP contribution is 2.20. The SMILES string of the molecule is Cc1ccc(C#N)cc1NC(=O)c1ccc(Br)cc1C. The lowest BCUT2D eigenvalue weighted by atomic mass is 10.1. The van der Waals surface area contributed by atoms with Crippen LogP contribution in [0.3, 0.4) is 0 Å². The Balaban J connectivity index is 2.30. The Morgan fingerprint density at radius 1 is 1.15 bits per heavy atom. The number of nitriles is 1. The van der Waals surface area contributed by atoms with Crippen LogP contribution in [0.2, 0.25) is 0 Å². The normalized spacial score (nSPS) is 9.90. The Kier molecular flexibility index (Phi) is 4.21. The molecule has 0 aromatic heterocycles. The highest BCUT2D eigenvalue weighted by atomic mass is 79.9. The predicted molar refractivity (Wildman–Crippen MR) is 82.7 cm³/mol. The van der Waals surface area contributed by atoms with Crippen molar-refractivity contribution in [3.63, 3.8) is 0 Å². The van der Waals surface area contributed by atoms with Crippen LogP contribution in [0.1, 0.15) is 27.0 Å². The molecule has 0 saturated carbocycles. The van der Waals surface area contributed by atoms with E-state index in [1.165, 1.54) is 0 Å². The molecule has 0 aliphatic rings. The van der Waals surface area contributed by atoms with E-state index in [0.29, 0.717) is 16.8 Å². The van der Waals surface area contributed by atoms with Crippen LogP contribution in [0.25, 0.3) is 0 Å². The van der Waals surface area contributed by atoms with Crippen molar-refractivity contribution in [3.8, 4) is 6.07 Å². The molecule has 0 atom stereocenters. The van der Waals surface area contributed by atoms with E-state index in [-0.39, 0.29) is 5.91 Å². The summed E-state index contributed by atoms with van der Waals surface area (Å²) in [5.41, 5.74) is 3.63. The maximum absolute atomic E-state index is 12.3. The average molecular weight is 329 g/mol. The summed E-state index contributed by atoms with van der Waals surface area (Å²) < 4.78 is 0.939. The van der Waals surface area contributed by atoms with Gasteiger partial charge in [0.2, 0.25) is 0 Å². The van der Waals surface area contributed by atoms with Crippen molar-refractivity contribution in [3.05, 3.63) is 63.1 Å². The van der Waals surface area contributed by atoms with E-state index in [1.54, 1.807) is 18.2 Å². The van der Waals surface area contributed by atoms with Crippen molar-refractivity contribution in [2.24, 2.45) is 0 Å². The number of hydrogen-bond donors (Lipinski definition) is 1. The van der Waals surface area contributed by atoms with E-state index in [1.807, 2.05) is 32.0 Å². The molecular formula is C16H13BrN2O. The molecule has 20 heavy (non-hydrogen) atoms. The van der Waals surface area contributed by atoms with E-state index in [4.69, 9.17) is 5.26 Å². The van der Waals surface area contributed by atoms with Crippen molar-refractivity contribution in [1.82, 2.24) is 0 Å². The largest absolute Gasteiger partial charge is 0.322 e. The smallest absolute Gasteiger partial charge is 0.255 e. The van der Waals surface area contributed by atoms with Gasteiger partial charge in [-0.3, -0.25) is 4.79 Å². The topological polar surface area (TPSA) is 52.9 Å². The van der Waals surface area contributed by atoms with Crippen molar-refractivity contribution < 1.29 is 4.79 Å². The second-order valence-electron chi connectivity index (χ2n) is 4.55. The van der Waals surface area contributed by atoms with Gasteiger partial charge >= 0.3 is 0 Å². The maximum Gasteiger partial charge on any atom is 0.255 e. The maximum atomic E-state index is 12.3. The standard InChI is InChI=1S/C16H13BrN2O/c1-10-3-4-12(9-18)8-15(10)19-16(20)14-6-5-13(17)7-11(14)2/h3-8H,1-2H3,(H,19,20). The summed E-state index contributed by atoms with van der Waals surface area (Å²) in [6.07, 6.45) is 0. The number of nitrogens with one attached hydrogen (secondary N) is 1. The summed E-state index contributed by atoms with van der Waals surface area (Å²) in [7, 11) is 0. The number of hydrogen-bond acceptors (Lipinski definition) is 2. The molecule has 0 bridgehead atoms. The number of amides is 1. The Labute approximate surface area is 126 Å². The molecule has 0 radical (unpaired) electrons. The lowest BCUT2D eigenvalue weighted by Gasteiger charge is -2.10. The number of benzene rings is 2. The van der Waals surface area contributed by atoms with Crippen LogP contribution in [0.5, 0.6) is 0 Å². The zero-order valence-electron chi connectivity index (χ0n) is 11.2. The Bertz CT molecular complexity index is 717. The fourth-order valence-electron chi connectivity index (χ4n) is 1.90. The highest BCUT2D eigenvalue weighted by molar-refractivity contribution is 9.10. The van der Waals surface area contributed by atoms with Crippen LogP contribution in [-0.2, 0) is 0 Å². The third-order valence-corrected chi connectivity index (χ3v) is 3.54. The molecule has 0 fully saturated rings. The minimum Gasteiger partial charge on any atom is -0.322 e. The molecule has 4 heteroatoms. The van der Waals surface area contributed by atoms with Crippen molar-refractivity contribution >= 4 is 27.5 Å². The van der Waals surface area contributed by atoms with E-state index in [2.05, 4.69) is 27.3 Å². The molecule has 0 aliphatic heterocycles. The minimum absolute atomic E-state index is 0.173. The molecule has 2 rings (SSSR count). The van der Waals surface area contributed by atoms with Crippen LogP contribution in [0.4, 0.5) is 5.69 Å². The van der Waals surface area contributed by atoms with E-state index < -0.39 is 0 Å². The van der Waals surface area contributed by atoms with Crippen molar-refractivity contribution in [2.45, 2.75) is 13.8 Å². The van der Waals surface area contributed by atoms with Gasteiger partial charge in [-0.05, 0) is 55.3 Å². The van der Waals surface area contributed by atoms with Crippen LogP contribution in [-0.4, -0.2) is 5.91 Å². The van der Waals surface area contributed by atoms with Crippen LogP contribution in [0.15, 0.2) is 40.9 Å². The Hall–Kier alpha value is -2.12. The first-order chi connectivity index (χ1) is 9.51. The number of halogens is 1. The molecule has 0 heterocycles. The van der Waals surface area contributed by atoms with Gasteiger partial charge in [-0.2, -0.15) is 5.26 Å². The van der Waals surface area contributed by atoms with Gasteiger partial charge in [0, 0.05) is 15.7 Å². The lowest BCUT2D eigenvalue weighted by Crippen LogP contribution is -2.14. The Morgan fingerprint density at radius 3 is 2.55 bits per heavy atom.